The molecule has 88 valence electrons. The molecule has 2 N–H and O–H groups in total. The van der Waals surface area contributed by atoms with E-state index in [1.165, 1.54) is 6.42 Å². The molecule has 0 saturated carbocycles. The van der Waals surface area contributed by atoms with Gasteiger partial charge in [0.05, 0.1) is 6.42 Å². The number of hydrogen-bond donors (Lipinski definition) is 1. The van der Waals surface area contributed by atoms with Crippen LogP contribution in [-0.4, -0.2) is 29.9 Å². The van der Waals surface area contributed by atoms with Gasteiger partial charge >= 0.3 is 0 Å². The highest BCUT2D eigenvalue weighted by Crippen LogP contribution is 2.18. The van der Waals surface area contributed by atoms with Crippen molar-refractivity contribution < 1.29 is 4.79 Å². The lowest BCUT2D eigenvalue weighted by Crippen LogP contribution is -2.47. The predicted molar refractivity (Wildman–Crippen MR) is 66.4 cm³/mol. The van der Waals surface area contributed by atoms with E-state index in [0.717, 1.165) is 24.9 Å². The first-order valence-electron chi connectivity index (χ1n) is 5.82. The number of carbonyl (C=O) groups excluding carboxylic acids is 1. The number of amides is 1. The van der Waals surface area contributed by atoms with Crippen LogP contribution in [0.4, 0.5) is 0 Å². The molecule has 1 aliphatic heterocycles. The minimum Gasteiger partial charge on any atom is -0.338 e. The van der Waals surface area contributed by atoms with Crippen LogP contribution in [0.1, 0.15) is 24.8 Å². The van der Waals surface area contributed by atoms with Gasteiger partial charge in [-0.25, -0.2) is 0 Å². The highest BCUT2D eigenvalue weighted by atomic mass is 32.1. The van der Waals surface area contributed by atoms with Crippen LogP contribution in [0.5, 0.6) is 0 Å². The van der Waals surface area contributed by atoms with Crippen LogP contribution in [0.3, 0.4) is 0 Å². The summed E-state index contributed by atoms with van der Waals surface area (Å²) in [6.07, 6.45) is 3.90. The molecule has 4 heteroatoms. The molecular weight excluding hydrogens is 220 g/mol. The molecule has 0 spiro atoms. The molecule has 0 unspecified atom stereocenters. The molecule has 1 amide bonds. The summed E-state index contributed by atoms with van der Waals surface area (Å²) >= 11 is 1.64. The number of rotatable bonds is 3. The topological polar surface area (TPSA) is 46.3 Å². The van der Waals surface area contributed by atoms with E-state index in [1.807, 2.05) is 21.7 Å². The fraction of sp³-hybridized carbons (Fsp3) is 0.583. The van der Waals surface area contributed by atoms with Crippen LogP contribution >= 0.6 is 11.3 Å². The summed E-state index contributed by atoms with van der Waals surface area (Å²) in [6.45, 7) is 1.47. The average Bonchev–Trinajstić information content (AvgIpc) is 2.81. The van der Waals surface area contributed by atoms with E-state index in [1.54, 1.807) is 11.3 Å². The highest BCUT2D eigenvalue weighted by Gasteiger charge is 2.25. The summed E-state index contributed by atoms with van der Waals surface area (Å²) in [7, 11) is 0. The molecular formula is C12H18N2OS. The van der Waals surface area contributed by atoms with Gasteiger partial charge in [-0.3, -0.25) is 4.79 Å². The van der Waals surface area contributed by atoms with E-state index in [9.17, 15) is 4.79 Å². The Balaban J connectivity index is 1.97. The zero-order valence-electron chi connectivity index (χ0n) is 9.39. The van der Waals surface area contributed by atoms with Crippen LogP contribution < -0.4 is 5.73 Å². The summed E-state index contributed by atoms with van der Waals surface area (Å²) in [4.78, 5) is 14.1. The van der Waals surface area contributed by atoms with Gasteiger partial charge in [0, 0.05) is 19.1 Å². The number of likely N-dealkylation sites (tertiary alicyclic amines) is 1. The van der Waals surface area contributed by atoms with Gasteiger partial charge in [-0.1, -0.05) is 0 Å². The lowest BCUT2D eigenvalue weighted by molar-refractivity contribution is -0.133. The maximum absolute atomic E-state index is 12.1. The Morgan fingerprint density at radius 1 is 1.56 bits per heavy atom. The van der Waals surface area contributed by atoms with Crippen LogP contribution in [0.2, 0.25) is 0 Å². The Labute approximate surface area is 100 Å². The SMILES string of the molecule is NC[C@@H]1CCCCN1C(=O)Cc1ccsc1. The van der Waals surface area contributed by atoms with Gasteiger partial charge in [0.25, 0.3) is 0 Å². The highest BCUT2D eigenvalue weighted by molar-refractivity contribution is 7.07. The molecule has 3 nitrogen and oxygen atoms in total. The first kappa shape index (κ1) is 11.6. The average molecular weight is 238 g/mol. The molecule has 2 rings (SSSR count). The lowest BCUT2D eigenvalue weighted by Gasteiger charge is -2.35. The number of nitrogens with zero attached hydrogens (tertiary/aromatic N) is 1. The first-order chi connectivity index (χ1) is 7.81. The Morgan fingerprint density at radius 2 is 2.44 bits per heavy atom. The van der Waals surface area contributed by atoms with E-state index in [-0.39, 0.29) is 11.9 Å². The zero-order chi connectivity index (χ0) is 11.4. The maximum Gasteiger partial charge on any atom is 0.227 e. The molecule has 0 radical (unpaired) electrons. The molecule has 0 bridgehead atoms. The van der Waals surface area contributed by atoms with Gasteiger partial charge in [0.2, 0.25) is 5.91 Å². The first-order valence-corrected chi connectivity index (χ1v) is 6.76. The van der Waals surface area contributed by atoms with Crippen molar-refractivity contribution in [2.75, 3.05) is 13.1 Å². The molecule has 0 aromatic carbocycles. The van der Waals surface area contributed by atoms with Crippen molar-refractivity contribution in [1.82, 2.24) is 4.90 Å². The van der Waals surface area contributed by atoms with Gasteiger partial charge in [-0.2, -0.15) is 11.3 Å². The summed E-state index contributed by atoms with van der Waals surface area (Å²) in [5, 5.41) is 4.05. The van der Waals surface area contributed by atoms with Crippen molar-refractivity contribution >= 4 is 17.2 Å². The van der Waals surface area contributed by atoms with Crippen molar-refractivity contribution in [2.45, 2.75) is 31.7 Å². The molecule has 2 heterocycles. The van der Waals surface area contributed by atoms with Crippen molar-refractivity contribution in [3.63, 3.8) is 0 Å². The van der Waals surface area contributed by atoms with Crippen molar-refractivity contribution in [3.8, 4) is 0 Å². The largest absolute Gasteiger partial charge is 0.338 e. The second-order valence-corrected chi connectivity index (χ2v) is 5.06. The summed E-state index contributed by atoms with van der Waals surface area (Å²) in [5.41, 5.74) is 6.83. The Morgan fingerprint density at radius 3 is 3.12 bits per heavy atom. The molecule has 1 atom stereocenters. The molecule has 1 fully saturated rings. The minimum absolute atomic E-state index is 0.230. The number of thiophene rings is 1. The van der Waals surface area contributed by atoms with E-state index in [4.69, 9.17) is 5.73 Å². The predicted octanol–water partition coefficient (Wildman–Crippen LogP) is 1.63. The Hall–Kier alpha value is -0.870. The van der Waals surface area contributed by atoms with Gasteiger partial charge in [0.1, 0.15) is 0 Å². The van der Waals surface area contributed by atoms with Crippen LogP contribution in [0.25, 0.3) is 0 Å². The summed E-state index contributed by atoms with van der Waals surface area (Å²) in [5.74, 6) is 0.230. The lowest BCUT2D eigenvalue weighted by atomic mass is 10.0. The van der Waals surface area contributed by atoms with Crippen LogP contribution in [0.15, 0.2) is 16.8 Å². The normalized spacial score (nSPS) is 21.1. The monoisotopic (exact) mass is 238 g/mol. The smallest absolute Gasteiger partial charge is 0.227 e. The van der Waals surface area contributed by atoms with Gasteiger partial charge < -0.3 is 10.6 Å². The van der Waals surface area contributed by atoms with E-state index >= 15 is 0 Å². The third kappa shape index (κ3) is 2.62. The van der Waals surface area contributed by atoms with Gasteiger partial charge in [-0.15, -0.1) is 0 Å². The minimum atomic E-state index is 0.230. The molecule has 1 aromatic heterocycles. The number of piperidine rings is 1. The van der Waals surface area contributed by atoms with E-state index in [2.05, 4.69) is 0 Å². The van der Waals surface area contributed by atoms with Gasteiger partial charge in [0.15, 0.2) is 0 Å². The number of carbonyl (C=O) groups is 1. The third-order valence-electron chi connectivity index (χ3n) is 3.16. The molecule has 16 heavy (non-hydrogen) atoms. The fourth-order valence-electron chi connectivity index (χ4n) is 2.24. The number of hydrogen-bond acceptors (Lipinski definition) is 3. The van der Waals surface area contributed by atoms with Crippen LogP contribution in [0, 0.1) is 0 Å². The Kier molecular flexibility index (Phi) is 3.96. The van der Waals surface area contributed by atoms with Crippen molar-refractivity contribution in [3.05, 3.63) is 22.4 Å². The molecule has 0 aliphatic carbocycles. The quantitative estimate of drug-likeness (QED) is 0.870. The van der Waals surface area contributed by atoms with E-state index in [0.29, 0.717) is 13.0 Å². The molecule has 1 aromatic rings. The third-order valence-corrected chi connectivity index (χ3v) is 3.89. The van der Waals surface area contributed by atoms with Crippen molar-refractivity contribution in [2.24, 2.45) is 5.73 Å². The summed E-state index contributed by atoms with van der Waals surface area (Å²) in [6, 6.07) is 2.28. The maximum atomic E-state index is 12.1. The summed E-state index contributed by atoms with van der Waals surface area (Å²) < 4.78 is 0. The number of nitrogens with two attached hydrogens (primary N) is 1. The second kappa shape index (κ2) is 5.46. The standard InChI is InChI=1S/C12H18N2OS/c13-8-11-3-1-2-5-14(11)12(15)7-10-4-6-16-9-10/h4,6,9,11H,1-3,5,7-8,13H2/t11-/m0/s1. The van der Waals surface area contributed by atoms with Gasteiger partial charge in [-0.05, 0) is 41.7 Å². The zero-order valence-corrected chi connectivity index (χ0v) is 10.2. The van der Waals surface area contributed by atoms with Crippen LogP contribution in [-0.2, 0) is 11.2 Å². The Bertz CT molecular complexity index is 337. The molecule has 1 saturated heterocycles. The fourth-order valence-corrected chi connectivity index (χ4v) is 2.91. The second-order valence-electron chi connectivity index (χ2n) is 4.28. The molecule has 1 aliphatic rings. The van der Waals surface area contributed by atoms with Crippen molar-refractivity contribution in [1.29, 1.82) is 0 Å². The van der Waals surface area contributed by atoms with E-state index < -0.39 is 0 Å².